The summed E-state index contributed by atoms with van der Waals surface area (Å²) in [6.07, 6.45) is 0. The van der Waals surface area contributed by atoms with Gasteiger partial charge in [-0.3, -0.25) is 0 Å². The first-order valence-corrected chi connectivity index (χ1v) is 10.8. The quantitative estimate of drug-likeness (QED) is 0.281. The number of hydrogen-bond donors (Lipinski definition) is 2. The second-order valence-corrected chi connectivity index (χ2v) is 8.14. The van der Waals surface area contributed by atoms with E-state index in [9.17, 15) is 9.79 Å². The minimum atomic E-state index is -2.08. The van der Waals surface area contributed by atoms with Gasteiger partial charge in [0.2, 0.25) is 0 Å². The first-order valence-electron chi connectivity index (χ1n) is 9.51. The normalized spacial score (nSPS) is 11.4. The third-order valence-corrected chi connectivity index (χ3v) is 6.14. The molecule has 0 aliphatic rings. The molecule has 0 amide bonds. The highest BCUT2D eigenvalue weighted by atomic mass is 31.2. The second kappa shape index (κ2) is 7.42. The zero-order valence-electron chi connectivity index (χ0n) is 15.7. The van der Waals surface area contributed by atoms with Gasteiger partial charge < -0.3 is 9.79 Å². The molecule has 3 heteroatoms. The molecule has 29 heavy (non-hydrogen) atoms. The Balaban J connectivity index is 1.90. The van der Waals surface area contributed by atoms with Crippen LogP contribution >= 0.6 is 8.38 Å². The van der Waals surface area contributed by atoms with Crippen LogP contribution in [0.5, 0.6) is 0 Å². The highest BCUT2D eigenvalue weighted by molar-refractivity contribution is 7.54. The van der Waals surface area contributed by atoms with Crippen molar-refractivity contribution in [2.24, 2.45) is 0 Å². The number of rotatable bonds is 3. The Bertz CT molecular complexity index is 1250. The van der Waals surface area contributed by atoms with Gasteiger partial charge >= 0.3 is 0 Å². The molecule has 0 saturated carbocycles. The third kappa shape index (κ3) is 3.12. The van der Waals surface area contributed by atoms with Crippen LogP contribution in [0.2, 0.25) is 0 Å². The summed E-state index contributed by atoms with van der Waals surface area (Å²) < 4.78 is 0. The summed E-state index contributed by atoms with van der Waals surface area (Å²) in [5.74, 6) is 0. The van der Waals surface area contributed by atoms with Gasteiger partial charge in [-0.2, -0.15) is 0 Å². The molecule has 0 saturated heterocycles. The van der Waals surface area contributed by atoms with E-state index < -0.39 is 8.38 Å². The first kappa shape index (κ1) is 18.0. The molecule has 0 spiro atoms. The Kier molecular flexibility index (Phi) is 4.61. The molecule has 0 bridgehead atoms. The first-order chi connectivity index (χ1) is 14.2. The van der Waals surface area contributed by atoms with Crippen molar-refractivity contribution in [3.05, 3.63) is 103 Å². The summed E-state index contributed by atoms with van der Waals surface area (Å²) in [5.41, 5.74) is 4.68. The van der Waals surface area contributed by atoms with E-state index in [1.54, 1.807) is 12.1 Å². The molecule has 0 aliphatic heterocycles. The van der Waals surface area contributed by atoms with Crippen molar-refractivity contribution < 1.29 is 9.79 Å². The van der Waals surface area contributed by atoms with Crippen molar-refractivity contribution in [1.82, 2.24) is 0 Å². The maximum Gasteiger partial charge on any atom is 0.199 e. The fraction of sp³-hybridized carbons (Fsp3) is 0. The van der Waals surface area contributed by atoms with E-state index in [1.807, 2.05) is 18.2 Å². The summed E-state index contributed by atoms with van der Waals surface area (Å²) in [6.45, 7) is 0. The Morgan fingerprint density at radius 1 is 0.414 bits per heavy atom. The molecule has 0 aliphatic carbocycles. The van der Waals surface area contributed by atoms with Crippen LogP contribution in [0.25, 0.3) is 43.8 Å². The van der Waals surface area contributed by atoms with Crippen LogP contribution in [0.1, 0.15) is 0 Å². The SMILES string of the molecule is OP(O)c1ccc(-c2c3ccccc3c(-c3ccccc3)c3ccccc23)cc1. The van der Waals surface area contributed by atoms with Crippen LogP contribution in [0.4, 0.5) is 0 Å². The van der Waals surface area contributed by atoms with E-state index in [0.717, 1.165) is 5.56 Å². The maximum atomic E-state index is 9.51. The van der Waals surface area contributed by atoms with Crippen molar-refractivity contribution in [3.63, 3.8) is 0 Å². The molecule has 0 aromatic heterocycles. The lowest BCUT2D eigenvalue weighted by atomic mass is 9.86. The Hall–Kier alpha value is -3.03. The van der Waals surface area contributed by atoms with E-state index in [4.69, 9.17) is 0 Å². The molecule has 5 aromatic rings. The van der Waals surface area contributed by atoms with Gasteiger partial charge in [0.25, 0.3) is 0 Å². The van der Waals surface area contributed by atoms with Gasteiger partial charge in [-0.1, -0.05) is 91.0 Å². The Morgan fingerprint density at radius 3 is 1.21 bits per heavy atom. The summed E-state index contributed by atoms with van der Waals surface area (Å²) in [7, 11) is -2.08. The van der Waals surface area contributed by atoms with Gasteiger partial charge in [0.05, 0.1) is 0 Å². The predicted octanol–water partition coefficient (Wildman–Crippen LogP) is 6.25. The average molecular weight is 394 g/mol. The molecule has 0 fully saturated rings. The highest BCUT2D eigenvalue weighted by Gasteiger charge is 2.16. The van der Waals surface area contributed by atoms with Crippen LogP contribution in [0, 0.1) is 0 Å². The minimum Gasteiger partial charge on any atom is -0.347 e. The van der Waals surface area contributed by atoms with Crippen molar-refractivity contribution in [2.45, 2.75) is 0 Å². The van der Waals surface area contributed by atoms with Crippen LogP contribution in [-0.4, -0.2) is 9.79 Å². The number of fused-ring (bicyclic) bond motifs is 2. The molecule has 0 heterocycles. The molecule has 0 unspecified atom stereocenters. The van der Waals surface area contributed by atoms with E-state index in [-0.39, 0.29) is 0 Å². The largest absolute Gasteiger partial charge is 0.347 e. The van der Waals surface area contributed by atoms with E-state index in [0.29, 0.717) is 5.30 Å². The summed E-state index contributed by atoms with van der Waals surface area (Å²) in [6, 6.07) is 35.1. The van der Waals surface area contributed by atoms with E-state index in [2.05, 4.69) is 72.8 Å². The predicted molar refractivity (Wildman–Crippen MR) is 123 cm³/mol. The molecule has 0 radical (unpaired) electrons. The molecular weight excluding hydrogens is 375 g/mol. The van der Waals surface area contributed by atoms with Gasteiger partial charge in [0.1, 0.15) is 0 Å². The monoisotopic (exact) mass is 394 g/mol. The van der Waals surface area contributed by atoms with Crippen molar-refractivity contribution in [3.8, 4) is 22.3 Å². The molecule has 2 N–H and O–H groups in total. The lowest BCUT2D eigenvalue weighted by Gasteiger charge is -2.17. The van der Waals surface area contributed by atoms with Crippen LogP contribution in [-0.2, 0) is 0 Å². The number of hydrogen-bond acceptors (Lipinski definition) is 2. The lowest BCUT2D eigenvalue weighted by molar-refractivity contribution is 0.497. The van der Waals surface area contributed by atoms with Crippen molar-refractivity contribution in [1.29, 1.82) is 0 Å². The summed E-state index contributed by atoms with van der Waals surface area (Å²) in [5, 5.41) is 5.35. The topological polar surface area (TPSA) is 40.5 Å². The fourth-order valence-electron chi connectivity index (χ4n) is 4.12. The Morgan fingerprint density at radius 2 is 0.793 bits per heavy atom. The minimum absolute atomic E-state index is 0.554. The molecular formula is C26H19O2P. The Labute approximate surface area is 170 Å². The van der Waals surface area contributed by atoms with E-state index in [1.165, 1.54) is 38.2 Å². The fourth-order valence-corrected chi connectivity index (χ4v) is 4.53. The van der Waals surface area contributed by atoms with Gasteiger partial charge in [-0.25, -0.2) is 0 Å². The molecule has 5 rings (SSSR count). The second-order valence-electron chi connectivity index (χ2n) is 7.04. The zero-order chi connectivity index (χ0) is 19.8. The van der Waals surface area contributed by atoms with Gasteiger partial charge in [-0.15, -0.1) is 0 Å². The number of benzene rings is 5. The third-order valence-electron chi connectivity index (χ3n) is 5.38. The van der Waals surface area contributed by atoms with Gasteiger partial charge in [0, 0.05) is 5.30 Å². The van der Waals surface area contributed by atoms with Gasteiger partial charge in [0.15, 0.2) is 8.38 Å². The van der Waals surface area contributed by atoms with Gasteiger partial charge in [-0.05, 0) is 55.9 Å². The zero-order valence-corrected chi connectivity index (χ0v) is 16.6. The smallest absolute Gasteiger partial charge is 0.199 e. The molecule has 5 aromatic carbocycles. The molecule has 0 atom stereocenters. The highest BCUT2D eigenvalue weighted by Crippen LogP contribution is 2.43. The van der Waals surface area contributed by atoms with Crippen LogP contribution in [0.15, 0.2) is 103 Å². The molecule has 140 valence electrons. The van der Waals surface area contributed by atoms with Crippen molar-refractivity contribution in [2.75, 3.05) is 0 Å². The van der Waals surface area contributed by atoms with Crippen LogP contribution in [0.3, 0.4) is 0 Å². The summed E-state index contributed by atoms with van der Waals surface area (Å²) >= 11 is 0. The maximum absolute atomic E-state index is 9.51. The van der Waals surface area contributed by atoms with E-state index >= 15 is 0 Å². The average Bonchev–Trinajstić information content (AvgIpc) is 2.78. The van der Waals surface area contributed by atoms with Crippen LogP contribution < -0.4 is 5.30 Å². The van der Waals surface area contributed by atoms with Crippen molar-refractivity contribution >= 4 is 35.2 Å². The lowest BCUT2D eigenvalue weighted by Crippen LogP contribution is -1.98. The standard InChI is InChI=1S/C26H19O2P/c27-29(28)20-16-14-19(15-17-20)26-23-12-6-4-10-21(23)25(18-8-2-1-3-9-18)22-11-5-7-13-24(22)26/h1-17,27-28H. The summed E-state index contributed by atoms with van der Waals surface area (Å²) in [4.78, 5) is 19.0. The molecule has 2 nitrogen and oxygen atoms in total.